The quantitative estimate of drug-likeness (QED) is 0.0618. The Labute approximate surface area is 470 Å². The minimum atomic E-state index is -0.512. The van der Waals surface area contributed by atoms with Crippen LogP contribution in [0.15, 0.2) is 128 Å². The van der Waals surface area contributed by atoms with Crippen molar-refractivity contribution in [2.45, 2.75) is 13.0 Å². The molecule has 4 N–H and O–H groups in total. The lowest BCUT2D eigenvalue weighted by Crippen LogP contribution is -2.23. The van der Waals surface area contributed by atoms with Crippen molar-refractivity contribution in [1.82, 2.24) is 49.5 Å². The van der Waals surface area contributed by atoms with Gasteiger partial charge in [-0.3, -0.25) is 28.9 Å². The number of nitrogens with one attached hydrogen (secondary N) is 4. The summed E-state index contributed by atoms with van der Waals surface area (Å²) in [7, 11) is 4.31. The van der Waals surface area contributed by atoms with Crippen LogP contribution in [0.4, 0.5) is 23.0 Å². The second-order valence-corrected chi connectivity index (χ2v) is 18.7. The number of pyridine rings is 2. The van der Waals surface area contributed by atoms with Crippen LogP contribution in [0.25, 0.3) is 67.1 Å². The first-order valence-corrected chi connectivity index (χ1v) is 25.3. The summed E-state index contributed by atoms with van der Waals surface area (Å²) < 4.78 is 12.8. The Morgan fingerprint density at radius 2 is 1.17 bits per heavy atom. The number of aryl methyl sites for hydroxylation is 1. The molecule has 81 heavy (non-hydrogen) atoms. The molecular formula is C57H42Cl2N16O6. The van der Waals surface area contributed by atoms with Gasteiger partial charge in [-0.25, -0.2) is 29.5 Å². The number of nitriles is 2. The average molecular weight is 1120 g/mol. The zero-order valence-corrected chi connectivity index (χ0v) is 44.5. The van der Waals surface area contributed by atoms with E-state index in [-0.39, 0.29) is 55.0 Å². The number of carbonyl (C=O) groups excluding carboxylic acids is 4. The van der Waals surface area contributed by atoms with Crippen molar-refractivity contribution in [2.24, 2.45) is 7.05 Å². The molecule has 10 rings (SSSR count). The van der Waals surface area contributed by atoms with Crippen molar-refractivity contribution >= 4 is 91.8 Å². The van der Waals surface area contributed by atoms with E-state index in [9.17, 15) is 29.7 Å². The summed E-state index contributed by atoms with van der Waals surface area (Å²) in [4.78, 5) is 78.2. The number of fused-ring (bicyclic) bond motifs is 2. The van der Waals surface area contributed by atoms with Crippen LogP contribution in [-0.4, -0.2) is 101 Å². The number of methoxy groups -OCH3 is 2. The van der Waals surface area contributed by atoms with E-state index in [0.717, 1.165) is 10.9 Å². The van der Waals surface area contributed by atoms with Gasteiger partial charge in [-0.15, -0.1) is 0 Å². The van der Waals surface area contributed by atoms with Crippen LogP contribution in [0.1, 0.15) is 44.1 Å². The Kier molecular flexibility index (Phi) is 15.6. The molecule has 0 aliphatic rings. The third-order valence-corrected chi connectivity index (χ3v) is 13.0. The molecular weight excluding hydrogens is 1080 g/mol. The van der Waals surface area contributed by atoms with E-state index >= 15 is 0 Å². The maximum atomic E-state index is 13.1. The van der Waals surface area contributed by atoms with Gasteiger partial charge in [0, 0.05) is 78.1 Å². The second kappa shape index (κ2) is 23.5. The van der Waals surface area contributed by atoms with E-state index in [2.05, 4.69) is 43.5 Å². The van der Waals surface area contributed by atoms with Gasteiger partial charge in [0.2, 0.25) is 11.8 Å². The zero-order chi connectivity index (χ0) is 56.7. The standard InChI is InChI=1S/C57H42Cl2N16O6/c1-74-19-15-42(72-74)52-51(69-45(27-61)55(71-52)65-29-47(77)67-39-12-8-33(9-13-39)57(79)81-3)37-23-35-21-31(28-64-49(35)41(59)25-37)30-75-20-16-43(73-75)53-50(36-22-34-5-4-17-62-48(34)40(58)24-36)68-44(26-60)54(70-53)63-18-14-46(76)66-38-10-6-32(7-11-38)56(78)80-2/h4-13,15-17,19-25,28H,14,18,29-30H2,1-3H3,(H,63,70)(H,65,71)(H,66,76)(H,67,77). The molecule has 24 heteroatoms. The smallest absolute Gasteiger partial charge is 0.337 e. The minimum absolute atomic E-state index is 0.0118. The van der Waals surface area contributed by atoms with Crippen LogP contribution in [0.2, 0.25) is 10.0 Å². The number of halogens is 2. The molecule has 400 valence electrons. The Hall–Kier alpha value is -10.7. The van der Waals surface area contributed by atoms with Gasteiger partial charge in [0.15, 0.2) is 23.0 Å². The third kappa shape index (κ3) is 11.9. The molecule has 0 fully saturated rings. The number of hydrogen-bond donors (Lipinski definition) is 4. The molecule has 0 radical (unpaired) electrons. The van der Waals surface area contributed by atoms with E-state index in [1.807, 2.05) is 24.3 Å². The van der Waals surface area contributed by atoms with Crippen LogP contribution in [-0.2, 0) is 32.7 Å². The Bertz CT molecular complexity index is 4210. The summed E-state index contributed by atoms with van der Waals surface area (Å²) in [6.07, 6.45) is 6.81. The molecule has 2 amide bonds. The summed E-state index contributed by atoms with van der Waals surface area (Å²) >= 11 is 13.7. The van der Waals surface area contributed by atoms with Crippen molar-refractivity contribution in [2.75, 3.05) is 48.6 Å². The van der Waals surface area contributed by atoms with Crippen LogP contribution in [0.3, 0.4) is 0 Å². The van der Waals surface area contributed by atoms with Gasteiger partial charge in [-0.1, -0.05) is 29.3 Å². The van der Waals surface area contributed by atoms with Crippen molar-refractivity contribution in [3.63, 3.8) is 0 Å². The summed E-state index contributed by atoms with van der Waals surface area (Å²) in [6.45, 7) is 0.0271. The topological polar surface area (TPSA) is 295 Å². The van der Waals surface area contributed by atoms with Gasteiger partial charge in [0.05, 0.1) is 59.5 Å². The lowest BCUT2D eigenvalue weighted by molar-refractivity contribution is -0.116. The first-order chi connectivity index (χ1) is 39.3. The highest BCUT2D eigenvalue weighted by molar-refractivity contribution is 6.36. The van der Waals surface area contributed by atoms with E-state index in [0.29, 0.717) is 94.3 Å². The SMILES string of the molecule is COC(=O)c1ccc(NC(=O)CCNc2nc(-c3ccn(Cc4cnc5c(Cl)cc(-c6nc(C#N)c(NCC(=O)Nc7ccc(C(=O)OC)cc7)nc6-c6ccn(C)n6)cc5c4)n3)c(-c3cc(Cl)c4ncccc4c3)nc2C#N)cc1. The average Bonchev–Trinajstić information content (AvgIpc) is 4.37. The molecule has 0 aliphatic carbocycles. The van der Waals surface area contributed by atoms with Crippen LogP contribution in [0.5, 0.6) is 0 Å². The molecule has 0 spiro atoms. The van der Waals surface area contributed by atoms with Crippen molar-refractivity contribution in [1.29, 1.82) is 10.5 Å². The lowest BCUT2D eigenvalue weighted by atomic mass is 10.0. The third-order valence-electron chi connectivity index (χ3n) is 12.4. The highest BCUT2D eigenvalue weighted by atomic mass is 35.5. The summed E-state index contributed by atoms with van der Waals surface area (Å²) in [5.74, 6) is -1.64. The number of nitrogens with zero attached hydrogens (tertiary/aromatic N) is 12. The lowest BCUT2D eigenvalue weighted by Gasteiger charge is -2.14. The maximum absolute atomic E-state index is 13.1. The van der Waals surface area contributed by atoms with Gasteiger partial charge in [0.25, 0.3) is 0 Å². The van der Waals surface area contributed by atoms with Crippen LogP contribution in [0, 0.1) is 22.7 Å². The fourth-order valence-electron chi connectivity index (χ4n) is 8.60. The van der Waals surface area contributed by atoms with Crippen LogP contribution < -0.4 is 21.3 Å². The number of carbonyl (C=O) groups is 4. The van der Waals surface area contributed by atoms with E-state index < -0.39 is 17.8 Å². The van der Waals surface area contributed by atoms with Gasteiger partial charge >= 0.3 is 11.9 Å². The van der Waals surface area contributed by atoms with Gasteiger partial charge in [-0.2, -0.15) is 20.7 Å². The molecule has 0 saturated carbocycles. The largest absolute Gasteiger partial charge is 0.465 e. The number of esters is 2. The zero-order valence-electron chi connectivity index (χ0n) is 43.0. The predicted octanol–water partition coefficient (Wildman–Crippen LogP) is 9.12. The van der Waals surface area contributed by atoms with Crippen molar-refractivity contribution in [3.8, 4) is 57.4 Å². The number of amides is 2. The fraction of sp³-hybridized carbons (Fsp3) is 0.123. The van der Waals surface area contributed by atoms with E-state index in [4.69, 9.17) is 62.7 Å². The summed E-state index contributed by atoms with van der Waals surface area (Å²) in [5, 5.41) is 43.8. The molecule has 6 aromatic heterocycles. The fourth-order valence-corrected chi connectivity index (χ4v) is 9.15. The molecule has 4 aromatic carbocycles. The Balaban J connectivity index is 0.926. The van der Waals surface area contributed by atoms with Crippen molar-refractivity contribution < 1.29 is 28.7 Å². The monoisotopic (exact) mass is 1120 g/mol. The van der Waals surface area contributed by atoms with Gasteiger partial charge in [0.1, 0.15) is 46.3 Å². The van der Waals surface area contributed by atoms with Gasteiger partial charge < -0.3 is 30.7 Å². The number of benzene rings is 4. The Morgan fingerprint density at radius 3 is 1.75 bits per heavy atom. The summed E-state index contributed by atoms with van der Waals surface area (Å²) in [6, 6.07) is 32.8. The number of anilines is 4. The molecule has 22 nitrogen and oxygen atoms in total. The number of ether oxygens (including phenoxy) is 2. The molecule has 0 atom stereocenters. The normalized spacial score (nSPS) is 10.9. The maximum Gasteiger partial charge on any atom is 0.337 e. The highest BCUT2D eigenvalue weighted by Gasteiger charge is 2.23. The van der Waals surface area contributed by atoms with Crippen LogP contribution >= 0.6 is 23.2 Å². The predicted molar refractivity (Wildman–Crippen MR) is 302 cm³/mol. The molecule has 0 aliphatic heterocycles. The number of rotatable bonds is 17. The summed E-state index contributed by atoms with van der Waals surface area (Å²) in [5.41, 5.74) is 6.37. The minimum Gasteiger partial charge on any atom is -0.465 e. The molecule has 0 bridgehead atoms. The molecule has 0 unspecified atom stereocenters. The van der Waals surface area contributed by atoms with Gasteiger partial charge in [-0.05, 0) is 103 Å². The first kappa shape index (κ1) is 53.7. The number of hydrogen-bond acceptors (Lipinski definition) is 18. The second-order valence-electron chi connectivity index (χ2n) is 17.9. The first-order valence-electron chi connectivity index (χ1n) is 24.5. The van der Waals surface area contributed by atoms with E-state index in [1.54, 1.807) is 108 Å². The Morgan fingerprint density at radius 1 is 0.617 bits per heavy atom. The molecule has 10 aromatic rings. The highest BCUT2D eigenvalue weighted by Crippen LogP contribution is 2.37. The van der Waals surface area contributed by atoms with E-state index in [1.165, 1.54) is 26.4 Å². The number of aromatic nitrogens is 10. The van der Waals surface area contributed by atoms with Crippen molar-refractivity contribution in [3.05, 3.63) is 166 Å². The molecule has 0 saturated heterocycles. The molecule has 6 heterocycles.